The first-order valence-electron chi connectivity index (χ1n) is 3.23. The largest absolute Gasteiger partial charge is 0.390 e. The first-order valence-corrected chi connectivity index (χ1v) is 4.35. The molecule has 0 bridgehead atoms. The van der Waals surface area contributed by atoms with E-state index in [0.717, 1.165) is 0 Å². The van der Waals surface area contributed by atoms with Gasteiger partial charge in [0, 0.05) is 11.0 Å². The van der Waals surface area contributed by atoms with Gasteiger partial charge < -0.3 is 10.5 Å². The lowest BCUT2D eigenvalue weighted by Crippen LogP contribution is -2.41. The average molecular weight is 238 g/mol. The fourth-order valence-electron chi connectivity index (χ4n) is 0.921. The topological polar surface area (TPSA) is 78.6 Å². The van der Waals surface area contributed by atoms with E-state index < -0.39 is 11.1 Å². The summed E-state index contributed by atoms with van der Waals surface area (Å²) in [5.74, 6) is 0. The molecule has 1 heterocycles. The van der Waals surface area contributed by atoms with E-state index in [-0.39, 0.29) is 6.61 Å². The summed E-state index contributed by atoms with van der Waals surface area (Å²) in [4.78, 5) is 9.98. The second kappa shape index (κ2) is 3.83. The fraction of sp³-hybridized carbons (Fsp3) is 0.600. The summed E-state index contributed by atoms with van der Waals surface area (Å²) in [7, 11) is 0. The van der Waals surface area contributed by atoms with E-state index in [4.69, 9.17) is 5.11 Å². The zero-order chi connectivity index (χ0) is 9.14. The molecule has 1 unspecified atom stereocenters. The van der Waals surface area contributed by atoms with Crippen molar-refractivity contribution < 1.29 is 10.0 Å². The highest BCUT2D eigenvalue weighted by Gasteiger charge is 2.31. The van der Waals surface area contributed by atoms with Gasteiger partial charge in [0.25, 0.3) is 0 Å². The minimum absolute atomic E-state index is 0.214. The lowest BCUT2D eigenvalue weighted by molar-refractivity contribution is -0.535. The predicted molar refractivity (Wildman–Crippen MR) is 44.7 cm³/mol. The number of aliphatic hydroxyl groups excluding tert-OH is 1. The van der Waals surface area contributed by atoms with Crippen LogP contribution in [-0.2, 0) is 0 Å². The summed E-state index contributed by atoms with van der Waals surface area (Å²) in [6.45, 7) is -0.214. The average Bonchev–Trinajstić information content (AvgIpc) is 2.47. The Morgan fingerprint density at radius 1 is 1.92 bits per heavy atom. The van der Waals surface area contributed by atoms with Crippen molar-refractivity contribution in [1.82, 2.24) is 10.4 Å². The highest BCUT2D eigenvalue weighted by molar-refractivity contribution is 9.09. The number of rotatable bonds is 3. The summed E-state index contributed by atoms with van der Waals surface area (Å²) in [5, 5.41) is 20.5. The first-order chi connectivity index (χ1) is 5.69. The number of hydrazine groups is 1. The van der Waals surface area contributed by atoms with Crippen LogP contribution in [-0.4, -0.2) is 33.3 Å². The Kier molecular flexibility index (Phi) is 3.01. The fourth-order valence-corrected chi connectivity index (χ4v) is 1.34. The van der Waals surface area contributed by atoms with Gasteiger partial charge in [0.05, 0.1) is 17.8 Å². The van der Waals surface area contributed by atoms with Crippen molar-refractivity contribution in [3.8, 4) is 0 Å². The van der Waals surface area contributed by atoms with E-state index in [1.807, 2.05) is 0 Å². The van der Waals surface area contributed by atoms with Crippen molar-refractivity contribution in [1.29, 1.82) is 0 Å². The summed E-state index contributed by atoms with van der Waals surface area (Å²) in [6.07, 6.45) is 0.480. The van der Waals surface area contributed by atoms with E-state index >= 15 is 0 Å². The molecular formula is C5H8BrN3O3. The molecule has 0 saturated heterocycles. The predicted octanol–water partition coefficient (Wildman–Crippen LogP) is -0.362. The Balaban J connectivity index is 2.69. The van der Waals surface area contributed by atoms with Gasteiger partial charge in [0.15, 0.2) is 0 Å². The molecular weight excluding hydrogens is 230 g/mol. The molecule has 1 rings (SSSR count). The zero-order valence-corrected chi connectivity index (χ0v) is 7.69. The molecule has 7 heteroatoms. The number of aliphatic hydroxyl groups is 1. The van der Waals surface area contributed by atoms with Gasteiger partial charge in [-0.3, -0.25) is 10.1 Å². The molecule has 12 heavy (non-hydrogen) atoms. The highest BCUT2D eigenvalue weighted by atomic mass is 79.9. The molecule has 0 radical (unpaired) electrons. The smallest absolute Gasteiger partial charge is 0.306 e. The molecule has 0 amide bonds. The molecule has 1 aliphatic heterocycles. The molecule has 0 aliphatic carbocycles. The Labute approximate surface area is 77.1 Å². The number of hydrogen-bond acceptors (Lipinski definition) is 5. The third-order valence-electron chi connectivity index (χ3n) is 1.47. The van der Waals surface area contributed by atoms with Gasteiger partial charge in [-0.1, -0.05) is 15.9 Å². The van der Waals surface area contributed by atoms with Crippen LogP contribution in [0, 0.1) is 10.1 Å². The monoisotopic (exact) mass is 237 g/mol. The van der Waals surface area contributed by atoms with Crippen molar-refractivity contribution in [2.45, 2.75) is 6.17 Å². The number of alkyl halides is 1. The standard InChI is InChI=1S/C5H8BrN3O3/c6-3-8-5(9(11)12)1-4(2-10)7-8/h1,5,7,10H,2-3H2. The molecule has 0 aromatic rings. The summed E-state index contributed by atoms with van der Waals surface area (Å²) in [6, 6.07) is 0. The van der Waals surface area contributed by atoms with Gasteiger partial charge in [-0.25, -0.2) is 0 Å². The Hall–Kier alpha value is -0.660. The maximum Gasteiger partial charge on any atom is 0.306 e. The van der Waals surface area contributed by atoms with Gasteiger partial charge in [0.1, 0.15) is 0 Å². The molecule has 0 fully saturated rings. The van der Waals surface area contributed by atoms with Crippen LogP contribution in [0.25, 0.3) is 0 Å². The molecule has 0 spiro atoms. The minimum Gasteiger partial charge on any atom is -0.390 e. The van der Waals surface area contributed by atoms with Crippen molar-refractivity contribution in [3.05, 3.63) is 21.9 Å². The molecule has 0 aromatic carbocycles. The van der Waals surface area contributed by atoms with Crippen LogP contribution in [0.5, 0.6) is 0 Å². The lowest BCUT2D eigenvalue weighted by atomic mass is 10.4. The van der Waals surface area contributed by atoms with Crippen molar-refractivity contribution >= 4 is 15.9 Å². The van der Waals surface area contributed by atoms with Crippen LogP contribution >= 0.6 is 15.9 Å². The van der Waals surface area contributed by atoms with Crippen LogP contribution in [0.4, 0.5) is 0 Å². The van der Waals surface area contributed by atoms with E-state index in [1.165, 1.54) is 11.1 Å². The molecule has 1 aliphatic rings. The Morgan fingerprint density at radius 2 is 2.58 bits per heavy atom. The Morgan fingerprint density at radius 3 is 2.92 bits per heavy atom. The van der Waals surface area contributed by atoms with Gasteiger partial charge in [-0.2, -0.15) is 0 Å². The number of hydrogen-bond donors (Lipinski definition) is 2. The summed E-state index contributed by atoms with van der Waals surface area (Å²) < 4.78 is 0. The van der Waals surface area contributed by atoms with Gasteiger partial charge in [-0.05, 0) is 0 Å². The van der Waals surface area contributed by atoms with Crippen LogP contribution in [0.15, 0.2) is 11.8 Å². The van der Waals surface area contributed by atoms with E-state index in [1.54, 1.807) is 0 Å². The molecule has 0 saturated carbocycles. The number of nitrogens with zero attached hydrogens (tertiary/aromatic N) is 2. The third kappa shape index (κ3) is 1.74. The van der Waals surface area contributed by atoms with Crippen molar-refractivity contribution in [3.63, 3.8) is 0 Å². The highest BCUT2D eigenvalue weighted by Crippen LogP contribution is 2.12. The lowest BCUT2D eigenvalue weighted by Gasteiger charge is -2.15. The molecule has 68 valence electrons. The van der Waals surface area contributed by atoms with Crippen molar-refractivity contribution in [2.24, 2.45) is 0 Å². The number of nitrogens with one attached hydrogen (secondary N) is 1. The minimum atomic E-state index is -0.897. The van der Waals surface area contributed by atoms with E-state index in [2.05, 4.69) is 21.4 Å². The Bertz CT molecular complexity index is 220. The summed E-state index contributed by atoms with van der Waals surface area (Å²) >= 11 is 3.09. The first kappa shape index (κ1) is 9.43. The maximum absolute atomic E-state index is 10.4. The normalized spacial score (nSPS) is 23.5. The maximum atomic E-state index is 10.4. The summed E-state index contributed by atoms with van der Waals surface area (Å²) in [5.41, 5.74) is 3.46. The molecule has 6 nitrogen and oxygen atoms in total. The second-order valence-corrected chi connectivity index (χ2v) is 2.75. The van der Waals surface area contributed by atoms with Gasteiger partial charge in [-0.15, -0.1) is 5.01 Å². The third-order valence-corrected chi connectivity index (χ3v) is 2.01. The number of halogens is 1. The van der Waals surface area contributed by atoms with Crippen LogP contribution in [0.2, 0.25) is 0 Å². The zero-order valence-electron chi connectivity index (χ0n) is 6.11. The van der Waals surface area contributed by atoms with Gasteiger partial charge in [0.2, 0.25) is 0 Å². The quantitative estimate of drug-likeness (QED) is 0.304. The number of nitro groups is 1. The van der Waals surface area contributed by atoms with Crippen LogP contribution in [0.1, 0.15) is 0 Å². The van der Waals surface area contributed by atoms with E-state index in [9.17, 15) is 10.1 Å². The second-order valence-electron chi connectivity index (χ2n) is 2.25. The molecule has 2 N–H and O–H groups in total. The van der Waals surface area contributed by atoms with Gasteiger partial charge >= 0.3 is 6.17 Å². The molecule has 0 aromatic heterocycles. The van der Waals surface area contributed by atoms with Crippen LogP contribution < -0.4 is 5.43 Å². The SMILES string of the molecule is O=[N+]([O-])C1C=C(CO)NN1CBr. The van der Waals surface area contributed by atoms with Crippen molar-refractivity contribution in [2.75, 3.05) is 12.1 Å². The molecule has 1 atom stereocenters. The van der Waals surface area contributed by atoms with E-state index in [0.29, 0.717) is 11.2 Å². The van der Waals surface area contributed by atoms with Crippen LogP contribution in [0.3, 0.4) is 0 Å².